The molecule has 0 aliphatic carbocycles. The Morgan fingerprint density at radius 3 is 2.23 bits per heavy atom. The number of hydrogen-bond acceptors (Lipinski definition) is 6. The zero-order chi connectivity index (χ0) is 25.1. The maximum absolute atomic E-state index is 10.5. The molecule has 0 aliphatic rings. The third-order valence-corrected chi connectivity index (χ3v) is 5.72. The minimum Gasteiger partial charge on any atom is -0.490 e. The zero-order valence-electron chi connectivity index (χ0n) is 21.3. The third-order valence-electron chi connectivity index (χ3n) is 5.72. The molecule has 0 bridgehead atoms. The van der Waals surface area contributed by atoms with Crippen molar-refractivity contribution in [2.45, 2.75) is 84.5 Å². The van der Waals surface area contributed by atoms with Crippen LogP contribution < -0.4 is 9.47 Å². The summed E-state index contributed by atoms with van der Waals surface area (Å²) in [5.74, 6) is 1.23. The lowest BCUT2D eigenvalue weighted by molar-refractivity contribution is -0.137. The molecule has 0 saturated heterocycles. The lowest BCUT2D eigenvalue weighted by Crippen LogP contribution is -2.09. The van der Waals surface area contributed by atoms with E-state index in [0.717, 1.165) is 62.1 Å². The van der Waals surface area contributed by atoms with Crippen molar-refractivity contribution in [3.8, 4) is 11.5 Å². The van der Waals surface area contributed by atoms with E-state index in [1.807, 2.05) is 30.3 Å². The fraction of sp³-hybridized carbons (Fsp3) is 0.571. The highest BCUT2D eigenvalue weighted by Gasteiger charge is 2.10. The van der Waals surface area contributed by atoms with Crippen molar-refractivity contribution in [2.75, 3.05) is 13.2 Å². The predicted octanol–water partition coefficient (Wildman–Crippen LogP) is 8.29. The summed E-state index contributed by atoms with van der Waals surface area (Å²) in [5, 5.41) is 17.3. The van der Waals surface area contributed by atoms with Crippen molar-refractivity contribution in [3.05, 3.63) is 42.7 Å². The van der Waals surface area contributed by atoms with E-state index in [2.05, 4.69) is 29.1 Å². The standard InChI is InChI=1S/C28H41N3O4/c1-3-12-23(2)22-35-27-21-25(31-30-24-16-18-29-19-17-24)14-15-26(27)34-20-11-9-7-5-4-6-8-10-13-28(32)33/h14-19,21,23H,3-13,20,22H2,1-2H3,(H,32,33). The lowest BCUT2D eigenvalue weighted by atomic mass is 10.1. The summed E-state index contributed by atoms with van der Waals surface area (Å²) < 4.78 is 12.2. The summed E-state index contributed by atoms with van der Waals surface area (Å²) in [5.41, 5.74) is 1.47. The molecule has 1 unspecified atom stereocenters. The van der Waals surface area contributed by atoms with Crippen LogP contribution in [0.25, 0.3) is 0 Å². The van der Waals surface area contributed by atoms with Crippen molar-refractivity contribution in [2.24, 2.45) is 16.1 Å². The van der Waals surface area contributed by atoms with Crippen LogP contribution in [0.15, 0.2) is 53.0 Å². The van der Waals surface area contributed by atoms with Gasteiger partial charge in [0.15, 0.2) is 11.5 Å². The van der Waals surface area contributed by atoms with Gasteiger partial charge in [-0.3, -0.25) is 9.78 Å². The van der Waals surface area contributed by atoms with Gasteiger partial charge in [0, 0.05) is 24.9 Å². The van der Waals surface area contributed by atoms with Crippen molar-refractivity contribution in [1.29, 1.82) is 0 Å². The molecule has 2 rings (SSSR count). The number of benzene rings is 1. The molecule has 192 valence electrons. The summed E-state index contributed by atoms with van der Waals surface area (Å²) in [6, 6.07) is 9.32. The first-order chi connectivity index (χ1) is 17.1. The number of hydrogen-bond donors (Lipinski definition) is 1. The van der Waals surface area contributed by atoms with E-state index >= 15 is 0 Å². The number of carboxylic acids is 1. The van der Waals surface area contributed by atoms with Gasteiger partial charge in [0.25, 0.3) is 0 Å². The number of aliphatic carboxylic acids is 1. The minimum atomic E-state index is -0.696. The van der Waals surface area contributed by atoms with Gasteiger partial charge in [0.1, 0.15) is 0 Å². The van der Waals surface area contributed by atoms with Crippen molar-refractivity contribution in [1.82, 2.24) is 4.98 Å². The molecule has 0 aliphatic heterocycles. The van der Waals surface area contributed by atoms with E-state index in [-0.39, 0.29) is 6.42 Å². The second-order valence-corrected chi connectivity index (χ2v) is 9.06. The van der Waals surface area contributed by atoms with Crippen molar-refractivity contribution in [3.63, 3.8) is 0 Å². The third kappa shape index (κ3) is 12.9. The summed E-state index contributed by atoms with van der Waals surface area (Å²) in [7, 11) is 0. The quantitative estimate of drug-likeness (QED) is 0.160. The smallest absolute Gasteiger partial charge is 0.303 e. The Morgan fingerprint density at radius 2 is 1.54 bits per heavy atom. The number of nitrogens with zero attached hydrogens (tertiary/aromatic N) is 3. The van der Waals surface area contributed by atoms with Crippen molar-refractivity contribution >= 4 is 17.3 Å². The maximum Gasteiger partial charge on any atom is 0.303 e. The van der Waals surface area contributed by atoms with E-state index in [0.29, 0.717) is 24.9 Å². The average Bonchev–Trinajstić information content (AvgIpc) is 2.86. The Labute approximate surface area is 210 Å². The monoisotopic (exact) mass is 483 g/mol. The lowest BCUT2D eigenvalue weighted by Gasteiger charge is -2.16. The fourth-order valence-corrected chi connectivity index (χ4v) is 3.75. The summed E-state index contributed by atoms with van der Waals surface area (Å²) in [6.07, 6.45) is 14.5. The predicted molar refractivity (Wildman–Crippen MR) is 139 cm³/mol. The molecule has 35 heavy (non-hydrogen) atoms. The molecule has 7 nitrogen and oxygen atoms in total. The van der Waals surface area contributed by atoms with E-state index < -0.39 is 5.97 Å². The van der Waals surface area contributed by atoms with Gasteiger partial charge in [-0.05, 0) is 49.4 Å². The molecule has 7 heteroatoms. The number of unbranched alkanes of at least 4 members (excludes halogenated alkanes) is 7. The number of carboxylic acid groups (broad SMARTS) is 1. The molecule has 1 aromatic heterocycles. The molecular formula is C28H41N3O4. The van der Waals surface area contributed by atoms with E-state index in [4.69, 9.17) is 14.6 Å². The van der Waals surface area contributed by atoms with Crippen LogP contribution in [0.3, 0.4) is 0 Å². The van der Waals surface area contributed by atoms with Crippen LogP contribution in [0.4, 0.5) is 11.4 Å². The maximum atomic E-state index is 10.5. The first-order valence-corrected chi connectivity index (χ1v) is 13.0. The van der Waals surface area contributed by atoms with Crippen LogP contribution in [0, 0.1) is 5.92 Å². The molecule has 1 atom stereocenters. The largest absolute Gasteiger partial charge is 0.490 e. The molecule has 0 radical (unpaired) electrons. The summed E-state index contributed by atoms with van der Waals surface area (Å²) in [6.45, 7) is 5.67. The van der Waals surface area contributed by atoms with E-state index in [9.17, 15) is 4.79 Å². The van der Waals surface area contributed by atoms with Gasteiger partial charge < -0.3 is 14.6 Å². The fourth-order valence-electron chi connectivity index (χ4n) is 3.75. The van der Waals surface area contributed by atoms with Crippen LogP contribution in [0.1, 0.15) is 84.5 Å². The van der Waals surface area contributed by atoms with Gasteiger partial charge in [-0.25, -0.2) is 0 Å². The number of ether oxygens (including phenoxy) is 2. The first-order valence-electron chi connectivity index (χ1n) is 13.0. The van der Waals surface area contributed by atoms with Crippen LogP contribution in [0.2, 0.25) is 0 Å². The first kappa shape index (κ1) is 28.3. The highest BCUT2D eigenvalue weighted by molar-refractivity contribution is 5.66. The Morgan fingerprint density at radius 1 is 0.886 bits per heavy atom. The molecule has 1 N–H and O–H groups in total. The van der Waals surface area contributed by atoms with E-state index in [1.54, 1.807) is 12.4 Å². The molecule has 0 spiro atoms. The Kier molecular flexibility index (Phi) is 14.1. The highest BCUT2D eigenvalue weighted by atomic mass is 16.5. The second-order valence-electron chi connectivity index (χ2n) is 9.06. The molecule has 1 aromatic carbocycles. The number of carbonyl (C=O) groups is 1. The molecule has 1 heterocycles. The SMILES string of the molecule is CCCC(C)COc1cc(N=Nc2ccncc2)ccc1OCCCCCCCCCCC(=O)O. The van der Waals surface area contributed by atoms with Gasteiger partial charge in [0.2, 0.25) is 0 Å². The number of pyridine rings is 1. The highest BCUT2D eigenvalue weighted by Crippen LogP contribution is 2.33. The molecular weight excluding hydrogens is 442 g/mol. The van der Waals surface area contributed by atoms with Crippen LogP contribution in [-0.2, 0) is 4.79 Å². The Bertz CT molecular complexity index is 874. The number of azo groups is 1. The van der Waals surface area contributed by atoms with Crippen molar-refractivity contribution < 1.29 is 19.4 Å². The van der Waals surface area contributed by atoms with Gasteiger partial charge in [-0.1, -0.05) is 58.8 Å². The van der Waals surface area contributed by atoms with Crippen LogP contribution in [-0.4, -0.2) is 29.3 Å². The average molecular weight is 484 g/mol. The van der Waals surface area contributed by atoms with Gasteiger partial charge in [-0.2, -0.15) is 10.2 Å². The topological polar surface area (TPSA) is 93.4 Å². The van der Waals surface area contributed by atoms with Crippen LogP contribution in [0.5, 0.6) is 11.5 Å². The molecule has 0 amide bonds. The summed E-state index contributed by atoms with van der Waals surface area (Å²) in [4.78, 5) is 14.5. The second kappa shape index (κ2) is 17.5. The summed E-state index contributed by atoms with van der Waals surface area (Å²) >= 11 is 0. The van der Waals surface area contributed by atoms with Crippen LogP contribution >= 0.6 is 0 Å². The zero-order valence-corrected chi connectivity index (χ0v) is 21.3. The molecule has 0 fully saturated rings. The number of rotatable bonds is 19. The normalized spacial score (nSPS) is 12.1. The Balaban J connectivity index is 1.79. The molecule has 2 aromatic rings. The van der Waals surface area contributed by atoms with Gasteiger partial charge in [0.05, 0.1) is 24.6 Å². The molecule has 0 saturated carbocycles. The minimum absolute atomic E-state index is 0.287. The van der Waals surface area contributed by atoms with Gasteiger partial charge in [-0.15, -0.1) is 0 Å². The number of aromatic nitrogens is 1. The van der Waals surface area contributed by atoms with E-state index in [1.165, 1.54) is 19.3 Å². The van der Waals surface area contributed by atoms with Gasteiger partial charge >= 0.3 is 5.97 Å². The Hall–Kier alpha value is -2.96.